The van der Waals surface area contributed by atoms with E-state index in [2.05, 4.69) is 5.32 Å². The van der Waals surface area contributed by atoms with Crippen LogP contribution in [0.15, 0.2) is 48.2 Å². The van der Waals surface area contributed by atoms with E-state index in [-0.39, 0.29) is 5.70 Å². The number of carboxylic acids is 1. The van der Waals surface area contributed by atoms with E-state index in [0.29, 0.717) is 40.9 Å². The largest absolute Gasteiger partial charge is 0.490 e. The molecular formula is C21H22ClNO5. The molecule has 0 bridgehead atoms. The Hall–Kier alpha value is -2.99. The summed E-state index contributed by atoms with van der Waals surface area (Å²) in [5.41, 5.74) is 0.531. The maximum absolute atomic E-state index is 12.3. The molecule has 0 spiro atoms. The Labute approximate surface area is 168 Å². The predicted octanol–water partition coefficient (Wildman–Crippen LogP) is 4.38. The zero-order valence-corrected chi connectivity index (χ0v) is 16.5. The van der Waals surface area contributed by atoms with Crippen LogP contribution in [0.2, 0.25) is 5.02 Å². The lowest BCUT2D eigenvalue weighted by Crippen LogP contribution is -2.27. The third-order valence-electron chi connectivity index (χ3n) is 3.61. The third-order valence-corrected chi connectivity index (χ3v) is 3.89. The number of carbonyl (C=O) groups excluding carboxylic acids is 1. The van der Waals surface area contributed by atoms with Gasteiger partial charge in [-0.1, -0.05) is 36.7 Å². The van der Waals surface area contributed by atoms with Crippen molar-refractivity contribution in [1.29, 1.82) is 0 Å². The molecule has 0 aromatic heterocycles. The average molecular weight is 404 g/mol. The fourth-order valence-electron chi connectivity index (χ4n) is 2.38. The summed E-state index contributed by atoms with van der Waals surface area (Å²) in [6, 6.07) is 11.5. The van der Waals surface area contributed by atoms with Crippen molar-refractivity contribution in [2.45, 2.75) is 20.3 Å². The van der Waals surface area contributed by atoms with Crippen LogP contribution in [0.5, 0.6) is 11.5 Å². The quantitative estimate of drug-likeness (QED) is 0.607. The molecule has 0 fully saturated rings. The summed E-state index contributed by atoms with van der Waals surface area (Å²) in [5.74, 6) is -0.973. The van der Waals surface area contributed by atoms with Crippen LogP contribution in [0.25, 0.3) is 6.08 Å². The van der Waals surface area contributed by atoms with E-state index in [1.165, 1.54) is 6.08 Å². The molecule has 0 saturated heterocycles. The molecule has 0 radical (unpaired) electrons. The third kappa shape index (κ3) is 5.76. The fourth-order valence-corrected chi connectivity index (χ4v) is 2.65. The number of hydrogen-bond donors (Lipinski definition) is 2. The molecule has 2 rings (SSSR count). The van der Waals surface area contributed by atoms with Crippen molar-refractivity contribution in [1.82, 2.24) is 5.32 Å². The summed E-state index contributed by atoms with van der Waals surface area (Å²) in [5, 5.41) is 12.2. The van der Waals surface area contributed by atoms with Crippen molar-refractivity contribution in [3.05, 3.63) is 64.3 Å². The Kier molecular flexibility index (Phi) is 7.89. The van der Waals surface area contributed by atoms with Gasteiger partial charge in [0.2, 0.25) is 0 Å². The number of benzene rings is 2. The molecular weight excluding hydrogens is 382 g/mol. The molecule has 0 aliphatic carbocycles. The first kappa shape index (κ1) is 21.3. The molecule has 0 unspecified atom stereocenters. The number of nitrogens with one attached hydrogen (secondary N) is 1. The maximum atomic E-state index is 12.3. The summed E-state index contributed by atoms with van der Waals surface area (Å²) in [6.07, 6.45) is 2.12. The van der Waals surface area contributed by atoms with Crippen LogP contribution in [0.1, 0.15) is 36.2 Å². The van der Waals surface area contributed by atoms with Crippen molar-refractivity contribution in [3.63, 3.8) is 0 Å². The van der Waals surface area contributed by atoms with Crippen molar-refractivity contribution < 1.29 is 24.2 Å². The van der Waals surface area contributed by atoms with Crippen molar-refractivity contribution in [2.75, 3.05) is 13.2 Å². The second kappa shape index (κ2) is 10.4. The van der Waals surface area contributed by atoms with Gasteiger partial charge in [0.15, 0.2) is 11.5 Å². The van der Waals surface area contributed by atoms with Crippen molar-refractivity contribution in [3.8, 4) is 11.5 Å². The van der Waals surface area contributed by atoms with Gasteiger partial charge in [0, 0.05) is 5.56 Å². The fraction of sp³-hybridized carbons (Fsp3) is 0.238. The number of halogens is 1. The first-order valence-electron chi connectivity index (χ1n) is 8.86. The van der Waals surface area contributed by atoms with E-state index in [4.69, 9.17) is 21.1 Å². The number of ether oxygens (including phenoxy) is 2. The average Bonchev–Trinajstić information content (AvgIpc) is 2.67. The molecule has 6 nitrogen and oxygen atoms in total. The highest BCUT2D eigenvalue weighted by atomic mass is 35.5. The van der Waals surface area contributed by atoms with Gasteiger partial charge in [-0.15, -0.1) is 0 Å². The first-order chi connectivity index (χ1) is 13.5. The van der Waals surface area contributed by atoms with Crippen LogP contribution in [0.3, 0.4) is 0 Å². The lowest BCUT2D eigenvalue weighted by Gasteiger charge is -2.14. The highest BCUT2D eigenvalue weighted by Gasteiger charge is 2.16. The van der Waals surface area contributed by atoms with Crippen LogP contribution in [-0.4, -0.2) is 30.2 Å². The summed E-state index contributed by atoms with van der Waals surface area (Å²) in [6.45, 7) is 4.66. The van der Waals surface area contributed by atoms with E-state index < -0.39 is 11.9 Å². The van der Waals surface area contributed by atoms with Crippen LogP contribution < -0.4 is 14.8 Å². The van der Waals surface area contributed by atoms with Crippen LogP contribution in [-0.2, 0) is 4.79 Å². The number of carboxylic acid groups (broad SMARTS) is 1. The molecule has 7 heteroatoms. The van der Waals surface area contributed by atoms with Crippen LogP contribution in [0, 0.1) is 0 Å². The van der Waals surface area contributed by atoms with Gasteiger partial charge in [-0.05, 0) is 49.2 Å². The zero-order valence-electron chi connectivity index (χ0n) is 15.7. The summed E-state index contributed by atoms with van der Waals surface area (Å²) >= 11 is 6.30. The van der Waals surface area contributed by atoms with Gasteiger partial charge in [0.05, 0.1) is 18.2 Å². The van der Waals surface area contributed by atoms with Gasteiger partial charge in [-0.3, -0.25) is 4.79 Å². The van der Waals surface area contributed by atoms with E-state index in [1.807, 2.05) is 13.8 Å². The summed E-state index contributed by atoms with van der Waals surface area (Å²) in [7, 11) is 0. The molecule has 2 aromatic rings. The SMILES string of the molecule is CCCOc1c(Cl)cc(C=C(NC(=O)c2ccccc2)C(=O)O)cc1OCC. The van der Waals surface area contributed by atoms with Gasteiger partial charge in [-0.2, -0.15) is 0 Å². The second-order valence-electron chi connectivity index (χ2n) is 5.79. The van der Waals surface area contributed by atoms with E-state index >= 15 is 0 Å². The molecule has 0 aliphatic rings. The molecule has 1 amide bonds. The van der Waals surface area contributed by atoms with Gasteiger partial charge >= 0.3 is 5.97 Å². The van der Waals surface area contributed by atoms with Gasteiger partial charge in [0.25, 0.3) is 5.91 Å². The summed E-state index contributed by atoms with van der Waals surface area (Å²) < 4.78 is 11.2. The Morgan fingerprint density at radius 2 is 1.86 bits per heavy atom. The maximum Gasteiger partial charge on any atom is 0.352 e. The lowest BCUT2D eigenvalue weighted by atomic mass is 10.1. The molecule has 2 aromatic carbocycles. The van der Waals surface area contributed by atoms with E-state index in [0.717, 1.165) is 6.42 Å². The Bertz CT molecular complexity index is 865. The summed E-state index contributed by atoms with van der Waals surface area (Å²) in [4.78, 5) is 23.9. The van der Waals surface area contributed by atoms with Crippen molar-refractivity contribution in [2.24, 2.45) is 0 Å². The van der Waals surface area contributed by atoms with Gasteiger partial charge < -0.3 is 19.9 Å². The number of aliphatic carboxylic acids is 1. The Morgan fingerprint density at radius 3 is 2.46 bits per heavy atom. The minimum Gasteiger partial charge on any atom is -0.490 e. The Balaban J connectivity index is 2.35. The number of hydrogen-bond acceptors (Lipinski definition) is 4. The van der Waals surface area contributed by atoms with E-state index in [1.54, 1.807) is 42.5 Å². The molecule has 0 heterocycles. The minimum atomic E-state index is -1.27. The second-order valence-corrected chi connectivity index (χ2v) is 6.20. The highest BCUT2D eigenvalue weighted by Crippen LogP contribution is 2.37. The standard InChI is InChI=1S/C21H22ClNO5/c1-3-10-28-19-16(22)11-14(13-18(19)27-4-2)12-17(21(25)26)23-20(24)15-8-6-5-7-9-15/h5-9,11-13H,3-4,10H2,1-2H3,(H,23,24)(H,25,26). The number of amides is 1. The monoisotopic (exact) mass is 403 g/mol. The zero-order chi connectivity index (χ0) is 20.5. The molecule has 0 atom stereocenters. The van der Waals surface area contributed by atoms with Gasteiger partial charge in [-0.25, -0.2) is 4.79 Å². The number of carbonyl (C=O) groups is 2. The van der Waals surface area contributed by atoms with Crippen LogP contribution in [0.4, 0.5) is 0 Å². The molecule has 28 heavy (non-hydrogen) atoms. The minimum absolute atomic E-state index is 0.283. The Morgan fingerprint density at radius 1 is 1.14 bits per heavy atom. The van der Waals surface area contributed by atoms with Gasteiger partial charge in [0.1, 0.15) is 5.70 Å². The molecule has 2 N–H and O–H groups in total. The number of rotatable bonds is 9. The van der Waals surface area contributed by atoms with E-state index in [9.17, 15) is 14.7 Å². The lowest BCUT2D eigenvalue weighted by molar-refractivity contribution is -0.132. The predicted molar refractivity (Wildman–Crippen MR) is 108 cm³/mol. The van der Waals surface area contributed by atoms with Crippen molar-refractivity contribution >= 4 is 29.6 Å². The molecule has 0 saturated carbocycles. The normalized spacial score (nSPS) is 11.0. The highest BCUT2D eigenvalue weighted by molar-refractivity contribution is 6.32. The topological polar surface area (TPSA) is 84.9 Å². The smallest absolute Gasteiger partial charge is 0.352 e. The first-order valence-corrected chi connectivity index (χ1v) is 9.24. The molecule has 0 aliphatic heterocycles. The molecule has 148 valence electrons. The van der Waals surface area contributed by atoms with Crippen LogP contribution >= 0.6 is 11.6 Å².